The maximum Gasteiger partial charge on any atom is 0.331 e. The van der Waals surface area contributed by atoms with Gasteiger partial charge in [0.15, 0.2) is 5.54 Å². The van der Waals surface area contributed by atoms with E-state index in [-0.39, 0.29) is 18.9 Å². The zero-order chi connectivity index (χ0) is 15.5. The van der Waals surface area contributed by atoms with Crippen molar-refractivity contribution in [3.05, 3.63) is 29.3 Å². The van der Waals surface area contributed by atoms with Crippen molar-refractivity contribution in [3.63, 3.8) is 0 Å². The predicted molar refractivity (Wildman–Crippen MR) is 80.7 cm³/mol. The van der Waals surface area contributed by atoms with Gasteiger partial charge in [0.1, 0.15) is 0 Å². The van der Waals surface area contributed by atoms with E-state index >= 15 is 0 Å². The van der Waals surface area contributed by atoms with Gasteiger partial charge in [-0.1, -0.05) is 11.6 Å². The lowest BCUT2D eigenvalue weighted by Crippen LogP contribution is -2.56. The number of hydrogen-bond acceptors (Lipinski definition) is 4. The molecule has 0 aliphatic carbocycles. The number of nitrogens with one attached hydrogen (secondary N) is 1. The summed E-state index contributed by atoms with van der Waals surface area (Å²) in [4.78, 5) is 24.5. The van der Waals surface area contributed by atoms with Gasteiger partial charge < -0.3 is 15.2 Å². The highest BCUT2D eigenvalue weighted by atomic mass is 35.5. The summed E-state index contributed by atoms with van der Waals surface area (Å²) in [5.41, 5.74) is -1.30. The second-order valence-electron chi connectivity index (χ2n) is 4.89. The molecule has 0 radical (unpaired) electrons. The van der Waals surface area contributed by atoms with Crippen LogP contribution in [0.4, 0.5) is 0 Å². The van der Waals surface area contributed by atoms with Gasteiger partial charge in [0.2, 0.25) is 5.91 Å². The van der Waals surface area contributed by atoms with Crippen LogP contribution in [0, 0.1) is 0 Å². The SMILES string of the molecule is CC(Sc1ccc(Cl)cc1)C(=O)NC1(C(=O)O)CCOC1. The van der Waals surface area contributed by atoms with E-state index in [1.54, 1.807) is 19.1 Å². The van der Waals surface area contributed by atoms with E-state index in [1.165, 1.54) is 11.8 Å². The molecule has 2 atom stereocenters. The molecule has 1 heterocycles. The first-order valence-electron chi connectivity index (χ1n) is 6.48. The molecule has 5 nitrogen and oxygen atoms in total. The Kier molecular flexibility index (Phi) is 5.13. The van der Waals surface area contributed by atoms with E-state index in [4.69, 9.17) is 16.3 Å². The van der Waals surface area contributed by atoms with Gasteiger partial charge in [-0.15, -0.1) is 11.8 Å². The zero-order valence-electron chi connectivity index (χ0n) is 11.5. The number of aliphatic carboxylic acids is 1. The number of carbonyl (C=O) groups excluding carboxylic acids is 1. The molecule has 1 fully saturated rings. The van der Waals surface area contributed by atoms with Crippen molar-refractivity contribution < 1.29 is 19.4 Å². The Morgan fingerprint density at radius 2 is 2.10 bits per heavy atom. The van der Waals surface area contributed by atoms with Crippen molar-refractivity contribution in [1.82, 2.24) is 5.32 Å². The van der Waals surface area contributed by atoms with Crippen molar-refractivity contribution in [2.75, 3.05) is 13.2 Å². The molecule has 1 aliphatic rings. The molecule has 1 saturated heterocycles. The molecular weight excluding hydrogens is 314 g/mol. The Balaban J connectivity index is 1.99. The molecule has 1 aromatic rings. The number of benzene rings is 1. The van der Waals surface area contributed by atoms with Gasteiger partial charge in [0.25, 0.3) is 0 Å². The minimum absolute atomic E-state index is 0.00635. The van der Waals surface area contributed by atoms with Gasteiger partial charge in [-0.25, -0.2) is 4.79 Å². The molecule has 0 spiro atoms. The lowest BCUT2D eigenvalue weighted by atomic mass is 9.99. The molecular formula is C14H16ClNO4S. The van der Waals surface area contributed by atoms with Crippen LogP contribution in [0.1, 0.15) is 13.3 Å². The third-order valence-electron chi connectivity index (χ3n) is 3.29. The molecule has 1 aliphatic heterocycles. The summed E-state index contributed by atoms with van der Waals surface area (Å²) in [5, 5.41) is 12.1. The van der Waals surface area contributed by atoms with Crippen molar-refractivity contribution in [2.45, 2.75) is 29.0 Å². The van der Waals surface area contributed by atoms with Crippen molar-refractivity contribution in [2.24, 2.45) is 0 Å². The maximum atomic E-state index is 12.2. The molecule has 0 saturated carbocycles. The largest absolute Gasteiger partial charge is 0.479 e. The van der Waals surface area contributed by atoms with E-state index in [0.29, 0.717) is 11.6 Å². The van der Waals surface area contributed by atoms with Crippen molar-refractivity contribution in [3.8, 4) is 0 Å². The number of rotatable bonds is 5. The Labute approximate surface area is 132 Å². The van der Waals surface area contributed by atoms with E-state index in [9.17, 15) is 14.7 Å². The second kappa shape index (κ2) is 6.68. The molecule has 2 unspecified atom stereocenters. The lowest BCUT2D eigenvalue weighted by molar-refractivity contribution is -0.147. The fraction of sp³-hybridized carbons (Fsp3) is 0.429. The average Bonchev–Trinajstić information content (AvgIpc) is 2.91. The van der Waals surface area contributed by atoms with Crippen molar-refractivity contribution >= 4 is 35.2 Å². The standard InChI is InChI=1S/C14H16ClNO4S/c1-9(21-11-4-2-10(15)3-5-11)12(17)16-14(13(18)19)6-7-20-8-14/h2-5,9H,6-8H2,1H3,(H,16,17)(H,18,19). The predicted octanol–water partition coefficient (Wildman–Crippen LogP) is 2.18. The molecule has 2 N–H and O–H groups in total. The molecule has 1 aromatic carbocycles. The third-order valence-corrected chi connectivity index (χ3v) is 4.65. The summed E-state index contributed by atoms with van der Waals surface area (Å²) >= 11 is 7.16. The monoisotopic (exact) mass is 329 g/mol. The number of ether oxygens (including phenoxy) is 1. The van der Waals surface area contributed by atoms with Crippen LogP contribution in [-0.2, 0) is 14.3 Å². The third kappa shape index (κ3) is 3.90. The van der Waals surface area contributed by atoms with Crippen LogP contribution in [0.25, 0.3) is 0 Å². The van der Waals surface area contributed by atoms with E-state index in [1.807, 2.05) is 12.1 Å². The van der Waals surface area contributed by atoms with Gasteiger partial charge in [0.05, 0.1) is 11.9 Å². The number of amides is 1. The maximum absolute atomic E-state index is 12.2. The van der Waals surface area contributed by atoms with Gasteiger partial charge in [-0.3, -0.25) is 4.79 Å². The Morgan fingerprint density at radius 3 is 2.62 bits per heavy atom. The average molecular weight is 330 g/mol. The number of halogens is 1. The molecule has 0 aromatic heterocycles. The number of hydrogen-bond donors (Lipinski definition) is 2. The molecule has 0 bridgehead atoms. The first-order valence-corrected chi connectivity index (χ1v) is 7.74. The van der Waals surface area contributed by atoms with Gasteiger partial charge >= 0.3 is 5.97 Å². The zero-order valence-corrected chi connectivity index (χ0v) is 13.0. The lowest BCUT2D eigenvalue weighted by Gasteiger charge is -2.25. The number of carboxylic acids is 1. The fourth-order valence-electron chi connectivity index (χ4n) is 1.99. The highest BCUT2D eigenvalue weighted by Gasteiger charge is 2.44. The minimum atomic E-state index is -1.30. The molecule has 2 rings (SSSR count). The second-order valence-corrected chi connectivity index (χ2v) is 6.74. The number of carbonyl (C=O) groups is 2. The van der Waals surface area contributed by atoms with E-state index < -0.39 is 16.8 Å². The Bertz CT molecular complexity index is 528. The highest BCUT2D eigenvalue weighted by Crippen LogP contribution is 2.26. The summed E-state index contributed by atoms with van der Waals surface area (Å²) in [6.45, 7) is 2.08. The summed E-state index contributed by atoms with van der Waals surface area (Å²) < 4.78 is 5.12. The van der Waals surface area contributed by atoms with Gasteiger partial charge in [-0.05, 0) is 31.2 Å². The van der Waals surface area contributed by atoms with Crippen LogP contribution in [0.3, 0.4) is 0 Å². The Morgan fingerprint density at radius 1 is 1.43 bits per heavy atom. The Hall–Kier alpha value is -1.24. The van der Waals surface area contributed by atoms with E-state index in [2.05, 4.69) is 5.32 Å². The fourth-order valence-corrected chi connectivity index (χ4v) is 2.99. The molecule has 7 heteroatoms. The number of thioether (sulfide) groups is 1. The van der Waals surface area contributed by atoms with Gasteiger partial charge in [0, 0.05) is 22.9 Å². The smallest absolute Gasteiger partial charge is 0.331 e. The van der Waals surface area contributed by atoms with Crippen LogP contribution in [0.5, 0.6) is 0 Å². The summed E-state index contributed by atoms with van der Waals surface area (Å²) in [5.74, 6) is -1.38. The minimum Gasteiger partial charge on any atom is -0.479 e. The van der Waals surface area contributed by atoms with Crippen LogP contribution in [0.15, 0.2) is 29.2 Å². The van der Waals surface area contributed by atoms with Crippen LogP contribution in [-0.4, -0.2) is 41.0 Å². The highest BCUT2D eigenvalue weighted by molar-refractivity contribution is 8.00. The van der Waals surface area contributed by atoms with Crippen LogP contribution >= 0.6 is 23.4 Å². The molecule has 21 heavy (non-hydrogen) atoms. The topological polar surface area (TPSA) is 75.6 Å². The normalized spacial score (nSPS) is 22.8. The summed E-state index contributed by atoms with van der Waals surface area (Å²) in [7, 11) is 0. The van der Waals surface area contributed by atoms with Crippen LogP contribution < -0.4 is 5.32 Å². The van der Waals surface area contributed by atoms with E-state index in [0.717, 1.165) is 4.90 Å². The first-order chi connectivity index (χ1) is 9.93. The van der Waals surface area contributed by atoms with Crippen LogP contribution in [0.2, 0.25) is 5.02 Å². The first kappa shape index (κ1) is 16.1. The number of carboxylic acid groups (broad SMARTS) is 1. The summed E-state index contributed by atoms with van der Waals surface area (Å²) in [6.07, 6.45) is 0.284. The van der Waals surface area contributed by atoms with Crippen molar-refractivity contribution in [1.29, 1.82) is 0 Å². The van der Waals surface area contributed by atoms with Gasteiger partial charge in [-0.2, -0.15) is 0 Å². The molecule has 1 amide bonds. The quantitative estimate of drug-likeness (QED) is 0.810. The molecule has 114 valence electrons. The summed E-state index contributed by atoms with van der Waals surface area (Å²) in [6, 6.07) is 7.14.